The molecule has 1 heterocycles. The SMILES string of the molecule is Cc1[nH]c(=O)cc2c1C(=O)c1ccccc1C2=O. The van der Waals surface area contributed by atoms with Gasteiger partial charge in [0.05, 0.1) is 5.56 Å². The minimum Gasteiger partial charge on any atom is -0.326 e. The van der Waals surface area contributed by atoms with Crippen molar-refractivity contribution in [1.29, 1.82) is 0 Å². The first-order chi connectivity index (χ1) is 8.59. The van der Waals surface area contributed by atoms with E-state index in [0.29, 0.717) is 22.4 Å². The number of aromatic nitrogens is 1. The van der Waals surface area contributed by atoms with Crippen LogP contribution in [0, 0.1) is 6.92 Å². The number of aryl methyl sites for hydroxylation is 1. The fourth-order valence-electron chi connectivity index (χ4n) is 2.32. The number of carbonyl (C=O) groups excluding carboxylic acids is 2. The minimum atomic E-state index is -0.369. The van der Waals surface area contributed by atoms with Crippen molar-refractivity contribution in [2.24, 2.45) is 0 Å². The van der Waals surface area contributed by atoms with Gasteiger partial charge in [-0.3, -0.25) is 14.4 Å². The van der Waals surface area contributed by atoms with Crippen molar-refractivity contribution in [1.82, 2.24) is 4.98 Å². The van der Waals surface area contributed by atoms with E-state index in [9.17, 15) is 14.4 Å². The molecule has 1 aromatic heterocycles. The third-order valence-electron chi connectivity index (χ3n) is 3.12. The van der Waals surface area contributed by atoms with Gasteiger partial charge >= 0.3 is 0 Å². The molecular formula is C14H9NO3. The highest BCUT2D eigenvalue weighted by molar-refractivity contribution is 6.28. The van der Waals surface area contributed by atoms with Gasteiger partial charge in [-0.25, -0.2) is 0 Å². The lowest BCUT2D eigenvalue weighted by Crippen LogP contribution is -2.25. The second kappa shape index (κ2) is 3.50. The number of aromatic amines is 1. The molecule has 4 nitrogen and oxygen atoms in total. The van der Waals surface area contributed by atoms with Crippen LogP contribution >= 0.6 is 0 Å². The van der Waals surface area contributed by atoms with E-state index in [0.717, 1.165) is 0 Å². The van der Waals surface area contributed by atoms with Gasteiger partial charge in [-0.1, -0.05) is 24.3 Å². The Kier molecular flexibility index (Phi) is 2.07. The number of hydrogen-bond donors (Lipinski definition) is 1. The highest BCUT2D eigenvalue weighted by Gasteiger charge is 2.31. The van der Waals surface area contributed by atoms with E-state index >= 15 is 0 Å². The normalized spacial score (nSPS) is 13.2. The Balaban J connectivity index is 2.41. The fraction of sp³-hybridized carbons (Fsp3) is 0.0714. The minimum absolute atomic E-state index is 0.194. The van der Waals surface area contributed by atoms with E-state index in [1.54, 1.807) is 31.2 Å². The molecular weight excluding hydrogens is 230 g/mol. The van der Waals surface area contributed by atoms with Gasteiger partial charge in [0, 0.05) is 28.5 Å². The van der Waals surface area contributed by atoms with Crippen LogP contribution in [-0.4, -0.2) is 16.6 Å². The number of H-pyrrole nitrogens is 1. The van der Waals surface area contributed by atoms with Crippen molar-refractivity contribution in [2.75, 3.05) is 0 Å². The molecule has 2 aromatic rings. The molecule has 1 aromatic carbocycles. The molecule has 1 aliphatic rings. The van der Waals surface area contributed by atoms with Gasteiger partial charge in [0.2, 0.25) is 5.56 Å². The predicted octanol–water partition coefficient (Wildman–Crippen LogP) is 1.46. The zero-order valence-electron chi connectivity index (χ0n) is 9.61. The molecule has 0 radical (unpaired) electrons. The van der Waals surface area contributed by atoms with Gasteiger partial charge in [0.1, 0.15) is 0 Å². The van der Waals surface area contributed by atoms with Crippen LogP contribution in [0.1, 0.15) is 37.5 Å². The molecule has 0 bridgehead atoms. The average Bonchev–Trinajstić information content (AvgIpc) is 2.35. The molecule has 4 heteroatoms. The molecule has 1 aliphatic carbocycles. The van der Waals surface area contributed by atoms with E-state index in [-0.39, 0.29) is 22.7 Å². The molecule has 0 spiro atoms. The third-order valence-corrected chi connectivity index (χ3v) is 3.12. The topological polar surface area (TPSA) is 67.0 Å². The second-order valence-corrected chi connectivity index (χ2v) is 4.25. The Labute approximate surface area is 102 Å². The van der Waals surface area contributed by atoms with E-state index in [1.807, 2.05) is 0 Å². The lowest BCUT2D eigenvalue weighted by molar-refractivity contribution is 0.0978. The monoisotopic (exact) mass is 239 g/mol. The lowest BCUT2D eigenvalue weighted by Gasteiger charge is -2.18. The summed E-state index contributed by atoms with van der Waals surface area (Å²) in [6.45, 7) is 1.62. The van der Waals surface area contributed by atoms with Crippen LogP contribution in [0.2, 0.25) is 0 Å². The standard InChI is InChI=1S/C14H9NO3/c1-7-12-10(6-11(16)15-7)13(17)8-4-2-3-5-9(8)14(12)18/h2-6H,1H3,(H,15,16). The summed E-state index contributed by atoms with van der Waals surface area (Å²) >= 11 is 0. The molecule has 0 saturated heterocycles. The number of ketones is 2. The largest absolute Gasteiger partial charge is 0.326 e. The number of hydrogen-bond acceptors (Lipinski definition) is 3. The Morgan fingerprint density at radius 1 is 0.889 bits per heavy atom. The van der Waals surface area contributed by atoms with Crippen molar-refractivity contribution in [3.05, 3.63) is 68.6 Å². The number of nitrogens with one attached hydrogen (secondary N) is 1. The van der Waals surface area contributed by atoms with Crippen LogP contribution in [0.15, 0.2) is 35.1 Å². The van der Waals surface area contributed by atoms with Crippen LogP contribution in [0.25, 0.3) is 0 Å². The first-order valence-electron chi connectivity index (χ1n) is 5.52. The van der Waals surface area contributed by atoms with E-state index in [1.165, 1.54) is 6.07 Å². The molecule has 0 amide bonds. The summed E-state index contributed by atoms with van der Waals surface area (Å²) in [5.74, 6) is -0.483. The summed E-state index contributed by atoms with van der Waals surface area (Å²) in [4.78, 5) is 38.5. The number of benzene rings is 1. The molecule has 0 unspecified atom stereocenters. The van der Waals surface area contributed by atoms with Crippen molar-refractivity contribution in [3.8, 4) is 0 Å². The highest BCUT2D eigenvalue weighted by atomic mass is 16.1. The fourth-order valence-corrected chi connectivity index (χ4v) is 2.32. The Morgan fingerprint density at radius 3 is 2.17 bits per heavy atom. The van der Waals surface area contributed by atoms with E-state index < -0.39 is 0 Å². The summed E-state index contributed by atoms with van der Waals surface area (Å²) in [6.07, 6.45) is 0. The van der Waals surface area contributed by atoms with Gasteiger partial charge in [-0.2, -0.15) is 0 Å². The van der Waals surface area contributed by atoms with Gasteiger partial charge in [0.25, 0.3) is 0 Å². The maximum absolute atomic E-state index is 12.3. The van der Waals surface area contributed by atoms with Gasteiger partial charge in [0.15, 0.2) is 11.6 Å². The first-order valence-corrected chi connectivity index (χ1v) is 5.52. The summed E-state index contributed by atoms with van der Waals surface area (Å²) in [6, 6.07) is 7.85. The number of pyridine rings is 1. The zero-order valence-corrected chi connectivity index (χ0v) is 9.61. The van der Waals surface area contributed by atoms with Crippen LogP contribution in [0.3, 0.4) is 0 Å². The Bertz CT molecular complexity index is 756. The van der Waals surface area contributed by atoms with Gasteiger partial charge < -0.3 is 4.98 Å². The number of fused-ring (bicyclic) bond motifs is 2. The molecule has 18 heavy (non-hydrogen) atoms. The van der Waals surface area contributed by atoms with Crippen molar-refractivity contribution < 1.29 is 9.59 Å². The first kappa shape index (κ1) is 10.7. The van der Waals surface area contributed by atoms with E-state index in [4.69, 9.17) is 0 Å². The summed E-state index contributed by atoms with van der Waals surface area (Å²) in [5.41, 5.74) is 1.32. The Morgan fingerprint density at radius 2 is 1.50 bits per heavy atom. The number of carbonyl (C=O) groups is 2. The van der Waals surface area contributed by atoms with E-state index in [2.05, 4.69) is 4.98 Å². The predicted molar refractivity (Wildman–Crippen MR) is 65.1 cm³/mol. The lowest BCUT2D eigenvalue weighted by atomic mass is 9.84. The van der Waals surface area contributed by atoms with Crippen molar-refractivity contribution in [2.45, 2.75) is 6.92 Å². The summed E-state index contributed by atoms with van der Waals surface area (Å²) < 4.78 is 0. The quantitative estimate of drug-likeness (QED) is 0.645. The summed E-state index contributed by atoms with van der Waals surface area (Å²) in [5, 5.41) is 0. The summed E-state index contributed by atoms with van der Waals surface area (Å²) in [7, 11) is 0. The average molecular weight is 239 g/mol. The second-order valence-electron chi connectivity index (χ2n) is 4.25. The Hall–Kier alpha value is -2.49. The van der Waals surface area contributed by atoms with Gasteiger partial charge in [-0.15, -0.1) is 0 Å². The molecule has 0 atom stereocenters. The molecule has 1 N–H and O–H groups in total. The highest BCUT2D eigenvalue weighted by Crippen LogP contribution is 2.27. The van der Waals surface area contributed by atoms with Crippen LogP contribution in [0.4, 0.5) is 0 Å². The molecule has 88 valence electrons. The molecule has 0 saturated carbocycles. The van der Waals surface area contributed by atoms with Crippen LogP contribution in [0.5, 0.6) is 0 Å². The van der Waals surface area contributed by atoms with Crippen LogP contribution in [-0.2, 0) is 0 Å². The van der Waals surface area contributed by atoms with Crippen molar-refractivity contribution >= 4 is 11.6 Å². The van der Waals surface area contributed by atoms with Crippen LogP contribution < -0.4 is 5.56 Å². The maximum atomic E-state index is 12.3. The molecule has 0 aliphatic heterocycles. The zero-order chi connectivity index (χ0) is 12.9. The van der Waals surface area contributed by atoms with Gasteiger partial charge in [-0.05, 0) is 6.92 Å². The number of rotatable bonds is 0. The smallest absolute Gasteiger partial charge is 0.248 e. The third kappa shape index (κ3) is 1.29. The van der Waals surface area contributed by atoms with Crippen molar-refractivity contribution in [3.63, 3.8) is 0 Å². The maximum Gasteiger partial charge on any atom is 0.248 e. The molecule has 3 rings (SSSR count). The molecule has 0 fully saturated rings.